The molecule has 0 aliphatic carbocycles. The number of benzene rings is 1. The molecule has 0 bridgehead atoms. The van der Waals surface area contributed by atoms with Crippen molar-refractivity contribution in [1.29, 1.82) is 0 Å². The van der Waals surface area contributed by atoms with Crippen LogP contribution in [0, 0.1) is 0 Å². The molecule has 0 saturated carbocycles. The third kappa shape index (κ3) is 4.16. The van der Waals surface area contributed by atoms with Gasteiger partial charge in [-0.25, -0.2) is 0 Å². The molecule has 1 unspecified atom stereocenters. The van der Waals surface area contributed by atoms with Gasteiger partial charge in [0.1, 0.15) is 5.69 Å². The number of aryl methyl sites for hydroxylation is 1. The van der Waals surface area contributed by atoms with Gasteiger partial charge < -0.3 is 10.2 Å². The first kappa shape index (κ1) is 21.1. The van der Waals surface area contributed by atoms with E-state index in [4.69, 9.17) is 0 Å². The van der Waals surface area contributed by atoms with E-state index in [1.165, 1.54) is 0 Å². The topological polar surface area (TPSA) is 88.8 Å². The summed E-state index contributed by atoms with van der Waals surface area (Å²) in [7, 11) is 1.90. The number of anilines is 1. The van der Waals surface area contributed by atoms with Crippen LogP contribution in [0.2, 0.25) is 0 Å². The molecule has 8 nitrogen and oxygen atoms in total. The number of aromatic nitrogens is 5. The summed E-state index contributed by atoms with van der Waals surface area (Å²) >= 11 is 0. The second-order valence-corrected chi connectivity index (χ2v) is 8.54. The Morgan fingerprint density at radius 3 is 2.55 bits per heavy atom. The van der Waals surface area contributed by atoms with E-state index >= 15 is 0 Å². The predicted octanol–water partition coefficient (Wildman–Crippen LogP) is 3.31. The number of nitrogens with one attached hydrogen (secondary N) is 1. The molecule has 33 heavy (non-hydrogen) atoms. The molecule has 1 fully saturated rings. The zero-order valence-corrected chi connectivity index (χ0v) is 18.8. The van der Waals surface area contributed by atoms with E-state index in [-0.39, 0.29) is 17.9 Å². The lowest BCUT2D eigenvalue weighted by atomic mass is 9.98. The van der Waals surface area contributed by atoms with Crippen LogP contribution < -0.4 is 10.2 Å². The molecule has 4 aromatic rings. The monoisotopic (exact) mass is 441 g/mol. The van der Waals surface area contributed by atoms with Crippen molar-refractivity contribution in [2.45, 2.75) is 31.7 Å². The Bertz CT molecular complexity index is 1260. The molecule has 4 heterocycles. The van der Waals surface area contributed by atoms with E-state index in [2.05, 4.69) is 30.5 Å². The Balaban J connectivity index is 1.30. The second kappa shape index (κ2) is 8.97. The number of fused-ring (bicyclic) bond motifs is 1. The number of piperidine rings is 1. The molecule has 1 aromatic carbocycles. The van der Waals surface area contributed by atoms with Crippen molar-refractivity contribution in [3.05, 3.63) is 66.6 Å². The lowest BCUT2D eigenvalue weighted by Gasteiger charge is -2.34. The maximum atomic E-state index is 12.8. The highest BCUT2D eigenvalue weighted by Crippen LogP contribution is 2.31. The van der Waals surface area contributed by atoms with Gasteiger partial charge >= 0.3 is 0 Å². The largest absolute Gasteiger partial charge is 0.354 e. The third-order valence-corrected chi connectivity index (χ3v) is 6.46. The molecule has 0 spiro atoms. The Morgan fingerprint density at radius 1 is 1.03 bits per heavy atom. The summed E-state index contributed by atoms with van der Waals surface area (Å²) in [6.45, 7) is 3.56. The minimum Gasteiger partial charge on any atom is -0.354 e. The number of hydrogen-bond donors (Lipinski definition) is 1. The quantitative estimate of drug-likeness (QED) is 0.511. The van der Waals surface area contributed by atoms with Gasteiger partial charge in [0.05, 0.1) is 11.6 Å². The number of carbonyl (C=O) groups is 1. The van der Waals surface area contributed by atoms with Gasteiger partial charge in [-0.3, -0.25) is 14.5 Å². The van der Waals surface area contributed by atoms with Crippen LogP contribution in [0.25, 0.3) is 22.2 Å². The van der Waals surface area contributed by atoms with Gasteiger partial charge in [-0.1, -0.05) is 30.3 Å². The zero-order chi connectivity index (χ0) is 22.8. The van der Waals surface area contributed by atoms with Crippen LogP contribution in [0.5, 0.6) is 0 Å². The third-order valence-electron chi connectivity index (χ3n) is 6.46. The number of rotatable bonds is 5. The first-order chi connectivity index (χ1) is 16.1. The van der Waals surface area contributed by atoms with Gasteiger partial charge in [0, 0.05) is 55.5 Å². The fraction of sp³-hybridized carbons (Fsp3) is 0.320. The molecule has 168 valence electrons. The van der Waals surface area contributed by atoms with Crippen molar-refractivity contribution in [3.63, 3.8) is 0 Å². The average molecular weight is 442 g/mol. The molecule has 1 aliphatic rings. The summed E-state index contributed by atoms with van der Waals surface area (Å²) in [5.41, 5.74) is 2.75. The van der Waals surface area contributed by atoms with Gasteiger partial charge in [-0.15, -0.1) is 10.2 Å². The van der Waals surface area contributed by atoms with E-state index in [1.54, 1.807) is 17.1 Å². The van der Waals surface area contributed by atoms with E-state index in [0.29, 0.717) is 0 Å². The molecule has 1 aliphatic heterocycles. The minimum atomic E-state index is -0.162. The van der Waals surface area contributed by atoms with Crippen molar-refractivity contribution in [2.24, 2.45) is 7.05 Å². The van der Waals surface area contributed by atoms with Crippen molar-refractivity contribution < 1.29 is 4.79 Å². The van der Waals surface area contributed by atoms with Gasteiger partial charge in [-0.2, -0.15) is 5.10 Å². The lowest BCUT2D eigenvalue weighted by molar-refractivity contribution is -0.123. The van der Waals surface area contributed by atoms with E-state index in [0.717, 1.165) is 59.5 Å². The molecular formula is C25H27N7O. The fourth-order valence-corrected chi connectivity index (χ4v) is 4.47. The molecular weight excluding hydrogens is 414 g/mol. The number of nitrogens with zero attached hydrogens (tertiary/aromatic N) is 6. The van der Waals surface area contributed by atoms with E-state index in [1.807, 2.05) is 62.6 Å². The second-order valence-electron chi connectivity index (χ2n) is 8.54. The van der Waals surface area contributed by atoms with Crippen molar-refractivity contribution >= 4 is 22.5 Å². The number of carbonyl (C=O) groups excluding carboxylic acids is 1. The van der Waals surface area contributed by atoms with Crippen LogP contribution in [0.15, 0.2) is 61.1 Å². The van der Waals surface area contributed by atoms with Crippen LogP contribution in [0.4, 0.5) is 5.82 Å². The lowest BCUT2D eigenvalue weighted by Crippen LogP contribution is -2.46. The summed E-state index contributed by atoms with van der Waals surface area (Å²) < 4.78 is 1.80. The van der Waals surface area contributed by atoms with E-state index in [9.17, 15) is 4.79 Å². The summed E-state index contributed by atoms with van der Waals surface area (Å²) in [4.78, 5) is 19.3. The fourth-order valence-electron chi connectivity index (χ4n) is 4.47. The SMILES string of the molecule is CC(C(=O)NC1CCN(c2nnc(-c3ccnn3C)c3ccncc23)CC1)c1ccccc1. The summed E-state index contributed by atoms with van der Waals surface area (Å²) in [5, 5.41) is 18.6. The van der Waals surface area contributed by atoms with Gasteiger partial charge in [-0.05, 0) is 37.5 Å². The van der Waals surface area contributed by atoms with Crippen LogP contribution in [-0.4, -0.2) is 50.0 Å². The minimum absolute atomic E-state index is 0.0784. The zero-order valence-electron chi connectivity index (χ0n) is 18.8. The summed E-state index contributed by atoms with van der Waals surface area (Å²) in [6, 6.07) is 14.0. The maximum Gasteiger partial charge on any atom is 0.227 e. The molecule has 1 atom stereocenters. The average Bonchev–Trinajstić information content (AvgIpc) is 3.29. The predicted molar refractivity (Wildman–Crippen MR) is 128 cm³/mol. The van der Waals surface area contributed by atoms with Crippen molar-refractivity contribution in [3.8, 4) is 11.4 Å². The highest BCUT2D eigenvalue weighted by Gasteiger charge is 2.26. The van der Waals surface area contributed by atoms with Crippen molar-refractivity contribution in [2.75, 3.05) is 18.0 Å². The van der Waals surface area contributed by atoms with Crippen LogP contribution in [0.1, 0.15) is 31.2 Å². The first-order valence-electron chi connectivity index (χ1n) is 11.3. The van der Waals surface area contributed by atoms with Crippen molar-refractivity contribution in [1.82, 2.24) is 30.3 Å². The molecule has 5 rings (SSSR count). The van der Waals surface area contributed by atoms with E-state index < -0.39 is 0 Å². The normalized spacial score (nSPS) is 15.5. The Hall–Kier alpha value is -3.81. The highest BCUT2D eigenvalue weighted by atomic mass is 16.1. The molecule has 1 N–H and O–H groups in total. The number of hydrogen-bond acceptors (Lipinski definition) is 6. The highest BCUT2D eigenvalue weighted by molar-refractivity contribution is 5.99. The van der Waals surface area contributed by atoms with Crippen LogP contribution in [0.3, 0.4) is 0 Å². The molecule has 1 amide bonds. The smallest absolute Gasteiger partial charge is 0.227 e. The first-order valence-corrected chi connectivity index (χ1v) is 11.3. The molecule has 1 saturated heterocycles. The summed E-state index contributed by atoms with van der Waals surface area (Å²) in [5.74, 6) is 0.755. The van der Waals surface area contributed by atoms with Gasteiger partial charge in [0.2, 0.25) is 5.91 Å². The Morgan fingerprint density at radius 2 is 1.82 bits per heavy atom. The number of amides is 1. The maximum absolute atomic E-state index is 12.8. The summed E-state index contributed by atoms with van der Waals surface area (Å²) in [6.07, 6.45) is 7.12. The van der Waals surface area contributed by atoms with Gasteiger partial charge in [0.15, 0.2) is 5.82 Å². The molecule has 0 radical (unpaired) electrons. The van der Waals surface area contributed by atoms with Crippen LogP contribution >= 0.6 is 0 Å². The Kier molecular flexibility index (Phi) is 5.73. The standard InChI is InChI=1S/C25H27N7O/c1-17(18-6-4-3-5-7-18)25(33)28-19-10-14-32(15-11-19)24-21-16-26-12-8-20(21)23(29-30-24)22-9-13-27-31(22)2/h3-9,12-13,16-17,19H,10-11,14-15H2,1-2H3,(H,28,33). The molecule has 3 aromatic heterocycles. The number of pyridine rings is 1. The van der Waals surface area contributed by atoms with Crippen LogP contribution in [-0.2, 0) is 11.8 Å². The molecule has 8 heteroatoms. The van der Waals surface area contributed by atoms with Gasteiger partial charge in [0.25, 0.3) is 0 Å². The Labute approximate surface area is 192 Å².